The largest absolute Gasteiger partial charge is 0.435 e. The van der Waals surface area contributed by atoms with Gasteiger partial charge in [0.1, 0.15) is 11.3 Å². The number of hydrogen-bond acceptors (Lipinski definition) is 2. The molecule has 0 aliphatic carbocycles. The molecular formula is C12H14F5NO. The van der Waals surface area contributed by atoms with E-state index in [0.29, 0.717) is 0 Å². The quantitative estimate of drug-likeness (QED) is 0.832. The van der Waals surface area contributed by atoms with Crippen LogP contribution < -0.4 is 10.1 Å². The smallest absolute Gasteiger partial charge is 0.410 e. The highest BCUT2D eigenvalue weighted by Crippen LogP contribution is 2.39. The van der Waals surface area contributed by atoms with Crippen LogP contribution in [0.5, 0.6) is 5.75 Å². The van der Waals surface area contributed by atoms with E-state index in [1.165, 1.54) is 25.1 Å². The number of hydrogen-bond donors (Lipinski definition) is 1. The summed E-state index contributed by atoms with van der Waals surface area (Å²) in [5, 5.41) is 2.33. The second kappa shape index (κ2) is 5.73. The maximum absolute atomic E-state index is 13.1. The van der Waals surface area contributed by atoms with Crippen molar-refractivity contribution in [3.05, 3.63) is 29.8 Å². The standard InChI is InChI=1S/C12H14F5NO/c1-3-18-11(2,12(15,16)17)8-5-4-6-9(7-8)19-10(13)14/h4-7,10,18H,3H2,1-2H3. The maximum atomic E-state index is 13.1. The molecule has 2 nitrogen and oxygen atoms in total. The Labute approximate surface area is 107 Å². The first kappa shape index (κ1) is 15.7. The minimum Gasteiger partial charge on any atom is -0.435 e. The van der Waals surface area contributed by atoms with Gasteiger partial charge in [0.2, 0.25) is 0 Å². The van der Waals surface area contributed by atoms with Crippen LogP contribution in [0, 0.1) is 0 Å². The van der Waals surface area contributed by atoms with E-state index < -0.39 is 18.3 Å². The molecule has 1 atom stereocenters. The highest BCUT2D eigenvalue weighted by Gasteiger charge is 2.51. The molecule has 0 radical (unpaired) electrons. The van der Waals surface area contributed by atoms with Crippen LogP contribution in [0.1, 0.15) is 19.4 Å². The summed E-state index contributed by atoms with van der Waals surface area (Å²) in [6.07, 6.45) is -4.56. The normalized spacial score (nSPS) is 15.4. The zero-order valence-electron chi connectivity index (χ0n) is 10.4. The van der Waals surface area contributed by atoms with Crippen molar-refractivity contribution >= 4 is 0 Å². The van der Waals surface area contributed by atoms with Crippen LogP contribution in [0.25, 0.3) is 0 Å². The molecule has 1 aromatic rings. The van der Waals surface area contributed by atoms with Crippen molar-refractivity contribution in [1.82, 2.24) is 5.32 Å². The molecule has 0 amide bonds. The molecule has 0 fully saturated rings. The lowest BCUT2D eigenvalue weighted by Crippen LogP contribution is -2.51. The number of nitrogens with one attached hydrogen (secondary N) is 1. The van der Waals surface area contributed by atoms with Crippen molar-refractivity contribution in [2.24, 2.45) is 0 Å². The lowest BCUT2D eigenvalue weighted by Gasteiger charge is -2.33. The van der Waals surface area contributed by atoms with Gasteiger partial charge in [0.25, 0.3) is 0 Å². The van der Waals surface area contributed by atoms with Gasteiger partial charge in [-0.05, 0) is 31.2 Å². The maximum Gasteiger partial charge on any atom is 0.410 e. The number of benzene rings is 1. The molecule has 0 spiro atoms. The average molecular weight is 283 g/mol. The third-order valence-electron chi connectivity index (χ3n) is 2.73. The lowest BCUT2D eigenvalue weighted by molar-refractivity contribution is -0.195. The number of alkyl halides is 5. The minimum absolute atomic E-state index is 0.0793. The topological polar surface area (TPSA) is 21.3 Å². The Bertz CT molecular complexity index is 421. The van der Waals surface area contributed by atoms with Gasteiger partial charge in [-0.3, -0.25) is 0 Å². The summed E-state index contributed by atoms with van der Waals surface area (Å²) < 4.78 is 67.6. The third-order valence-corrected chi connectivity index (χ3v) is 2.73. The summed E-state index contributed by atoms with van der Waals surface area (Å²) in [6, 6.07) is 4.60. The van der Waals surface area contributed by atoms with Gasteiger partial charge >= 0.3 is 12.8 Å². The molecular weight excluding hydrogens is 269 g/mol. The second-order valence-corrected chi connectivity index (χ2v) is 4.06. The van der Waals surface area contributed by atoms with Crippen molar-refractivity contribution in [2.45, 2.75) is 32.2 Å². The fraction of sp³-hybridized carbons (Fsp3) is 0.500. The van der Waals surface area contributed by atoms with Crippen molar-refractivity contribution in [1.29, 1.82) is 0 Å². The van der Waals surface area contributed by atoms with Gasteiger partial charge < -0.3 is 10.1 Å². The first-order valence-corrected chi connectivity index (χ1v) is 5.58. The molecule has 0 aliphatic rings. The van der Waals surface area contributed by atoms with Crippen LogP contribution in [0.15, 0.2) is 24.3 Å². The number of rotatable bonds is 5. The molecule has 1 unspecified atom stereocenters. The zero-order chi connectivity index (χ0) is 14.7. The van der Waals surface area contributed by atoms with Crippen LogP contribution in [0.3, 0.4) is 0 Å². The van der Waals surface area contributed by atoms with Crippen molar-refractivity contribution in [3.63, 3.8) is 0 Å². The Kier molecular flexibility index (Phi) is 4.73. The molecule has 7 heteroatoms. The monoisotopic (exact) mass is 283 g/mol. The van der Waals surface area contributed by atoms with Gasteiger partial charge in [-0.1, -0.05) is 19.1 Å². The summed E-state index contributed by atoms with van der Waals surface area (Å²) in [4.78, 5) is 0. The molecule has 1 aromatic carbocycles. The molecule has 108 valence electrons. The molecule has 0 aromatic heterocycles. The van der Waals surface area contributed by atoms with E-state index in [2.05, 4.69) is 10.1 Å². The fourth-order valence-electron chi connectivity index (χ4n) is 1.70. The van der Waals surface area contributed by atoms with Gasteiger partial charge in [0.05, 0.1) is 0 Å². The molecule has 0 saturated carbocycles. The predicted molar refractivity (Wildman–Crippen MR) is 60.2 cm³/mol. The van der Waals surface area contributed by atoms with Gasteiger partial charge in [0, 0.05) is 0 Å². The first-order valence-electron chi connectivity index (χ1n) is 5.58. The molecule has 1 N–H and O–H groups in total. The Balaban J connectivity index is 3.17. The Morgan fingerprint density at radius 3 is 2.37 bits per heavy atom. The number of halogens is 5. The summed E-state index contributed by atoms with van der Waals surface area (Å²) >= 11 is 0. The highest BCUT2D eigenvalue weighted by molar-refractivity contribution is 5.34. The van der Waals surface area contributed by atoms with Gasteiger partial charge in [-0.15, -0.1) is 0 Å². The summed E-state index contributed by atoms with van der Waals surface area (Å²) in [5.74, 6) is -0.305. The Morgan fingerprint density at radius 2 is 1.89 bits per heavy atom. The van der Waals surface area contributed by atoms with Crippen LogP contribution in [-0.2, 0) is 5.54 Å². The zero-order valence-corrected chi connectivity index (χ0v) is 10.4. The van der Waals surface area contributed by atoms with E-state index in [1.54, 1.807) is 0 Å². The summed E-state index contributed by atoms with van der Waals surface area (Å²) in [7, 11) is 0. The second-order valence-electron chi connectivity index (χ2n) is 4.06. The van der Waals surface area contributed by atoms with E-state index in [-0.39, 0.29) is 17.9 Å². The van der Waals surface area contributed by atoms with Crippen LogP contribution in [0.4, 0.5) is 22.0 Å². The van der Waals surface area contributed by atoms with Crippen LogP contribution in [-0.4, -0.2) is 19.3 Å². The predicted octanol–water partition coefficient (Wildman–Crippen LogP) is 3.68. The van der Waals surface area contributed by atoms with E-state index in [0.717, 1.165) is 13.0 Å². The Morgan fingerprint density at radius 1 is 1.26 bits per heavy atom. The average Bonchev–Trinajstić information content (AvgIpc) is 2.27. The van der Waals surface area contributed by atoms with E-state index in [1.807, 2.05) is 0 Å². The third kappa shape index (κ3) is 3.56. The van der Waals surface area contributed by atoms with E-state index >= 15 is 0 Å². The van der Waals surface area contributed by atoms with Crippen LogP contribution >= 0.6 is 0 Å². The van der Waals surface area contributed by atoms with Crippen molar-refractivity contribution in [2.75, 3.05) is 6.54 Å². The summed E-state index contributed by atoms with van der Waals surface area (Å²) in [5.41, 5.74) is -2.50. The Hall–Kier alpha value is -1.37. The molecule has 0 heterocycles. The van der Waals surface area contributed by atoms with Gasteiger partial charge in [-0.2, -0.15) is 22.0 Å². The molecule has 1 rings (SSSR count). The molecule has 0 saturated heterocycles. The first-order chi connectivity index (χ1) is 8.70. The summed E-state index contributed by atoms with van der Waals surface area (Å²) in [6.45, 7) is -0.510. The van der Waals surface area contributed by atoms with E-state index in [4.69, 9.17) is 0 Å². The van der Waals surface area contributed by atoms with Crippen molar-refractivity contribution < 1.29 is 26.7 Å². The van der Waals surface area contributed by atoms with Crippen molar-refractivity contribution in [3.8, 4) is 5.75 Å². The molecule has 0 aliphatic heterocycles. The molecule has 0 bridgehead atoms. The highest BCUT2D eigenvalue weighted by atomic mass is 19.4. The minimum atomic E-state index is -4.56. The van der Waals surface area contributed by atoms with Gasteiger partial charge in [-0.25, -0.2) is 0 Å². The fourth-order valence-corrected chi connectivity index (χ4v) is 1.70. The lowest BCUT2D eigenvalue weighted by atomic mass is 9.91. The SMILES string of the molecule is CCNC(C)(c1cccc(OC(F)F)c1)C(F)(F)F. The molecule has 19 heavy (non-hydrogen) atoms. The van der Waals surface area contributed by atoms with E-state index in [9.17, 15) is 22.0 Å². The van der Waals surface area contributed by atoms with Gasteiger partial charge in [0.15, 0.2) is 0 Å². The van der Waals surface area contributed by atoms with Crippen LogP contribution in [0.2, 0.25) is 0 Å². The number of ether oxygens (including phenoxy) is 1.